The zero-order valence-electron chi connectivity index (χ0n) is 10.6. The highest BCUT2D eigenvalue weighted by Crippen LogP contribution is 2.40. The summed E-state index contributed by atoms with van der Waals surface area (Å²) in [6.45, 7) is 0. The molecule has 2 aromatic carbocycles. The van der Waals surface area contributed by atoms with E-state index in [0.29, 0.717) is 21.4 Å². The van der Waals surface area contributed by atoms with Crippen molar-refractivity contribution in [3.63, 3.8) is 0 Å². The lowest BCUT2D eigenvalue weighted by Gasteiger charge is -2.06. The van der Waals surface area contributed by atoms with Crippen LogP contribution >= 0.6 is 31.9 Å². The largest absolute Gasteiger partial charge is 0.380 e. The predicted octanol–water partition coefficient (Wildman–Crippen LogP) is 5.25. The molecule has 0 amide bonds. The predicted molar refractivity (Wildman–Crippen MR) is 87.1 cm³/mol. The van der Waals surface area contributed by atoms with Gasteiger partial charge in [-0.1, -0.05) is 39.3 Å². The Kier molecular flexibility index (Phi) is 3.82. The van der Waals surface area contributed by atoms with Gasteiger partial charge in [0.2, 0.25) is 0 Å². The first kappa shape index (κ1) is 14.3. The minimum absolute atomic E-state index is 0.225. The molecule has 0 aliphatic rings. The van der Waals surface area contributed by atoms with Gasteiger partial charge in [0.05, 0.1) is 11.1 Å². The van der Waals surface area contributed by atoms with Gasteiger partial charge in [-0.25, -0.2) is 4.39 Å². The fourth-order valence-electron chi connectivity index (χ4n) is 2.08. The van der Waals surface area contributed by atoms with Gasteiger partial charge in [-0.3, -0.25) is 0 Å². The van der Waals surface area contributed by atoms with E-state index in [1.807, 2.05) is 24.3 Å². The van der Waals surface area contributed by atoms with Crippen molar-refractivity contribution in [3.05, 3.63) is 57.2 Å². The van der Waals surface area contributed by atoms with Gasteiger partial charge in [-0.2, -0.15) is 0 Å². The average Bonchev–Trinajstić information content (AvgIpc) is 2.82. The molecule has 1 heterocycles. The average molecular weight is 412 g/mol. The summed E-state index contributed by atoms with van der Waals surface area (Å²) >= 11 is 6.71. The maximum absolute atomic E-state index is 14.1. The standard InChI is InChI=1S/C15H9Br2FN2O/c16-9-6-4-8(5-7-9)12-14(21-20-15(12)19)13-10(17)2-1-3-11(13)18/h1-7H,(H2,19,20). The third-order valence-corrected chi connectivity index (χ3v) is 4.23. The van der Waals surface area contributed by atoms with E-state index in [1.54, 1.807) is 12.1 Å². The van der Waals surface area contributed by atoms with Crippen LogP contribution in [0.2, 0.25) is 0 Å². The highest BCUT2D eigenvalue weighted by molar-refractivity contribution is 9.10. The van der Waals surface area contributed by atoms with Gasteiger partial charge in [-0.05, 0) is 45.8 Å². The second kappa shape index (κ2) is 5.61. The normalized spacial score (nSPS) is 10.8. The Labute approximate surface area is 137 Å². The van der Waals surface area contributed by atoms with Crippen molar-refractivity contribution >= 4 is 37.7 Å². The van der Waals surface area contributed by atoms with Crippen LogP contribution in [0.25, 0.3) is 22.5 Å². The topological polar surface area (TPSA) is 52.0 Å². The summed E-state index contributed by atoms with van der Waals surface area (Å²) in [5.74, 6) is 0.126. The fraction of sp³-hybridized carbons (Fsp3) is 0. The Morgan fingerprint density at radius 3 is 2.38 bits per heavy atom. The Bertz CT molecular complexity index is 780. The van der Waals surface area contributed by atoms with Crippen molar-refractivity contribution < 1.29 is 8.91 Å². The maximum Gasteiger partial charge on any atom is 0.181 e. The second-order valence-electron chi connectivity index (χ2n) is 4.38. The zero-order chi connectivity index (χ0) is 15.0. The molecule has 0 fully saturated rings. The van der Waals surface area contributed by atoms with Crippen LogP contribution in [0.5, 0.6) is 0 Å². The van der Waals surface area contributed by atoms with Crippen molar-refractivity contribution in [3.8, 4) is 22.5 Å². The smallest absolute Gasteiger partial charge is 0.181 e. The number of nitrogens with zero attached hydrogens (tertiary/aromatic N) is 1. The Balaban J connectivity index is 2.24. The SMILES string of the molecule is Nc1noc(-c2c(F)cccc2Br)c1-c1ccc(Br)cc1. The zero-order valence-corrected chi connectivity index (χ0v) is 13.8. The Morgan fingerprint density at radius 2 is 1.71 bits per heavy atom. The summed E-state index contributed by atoms with van der Waals surface area (Å²) in [6, 6.07) is 12.2. The minimum atomic E-state index is -0.404. The Hall–Kier alpha value is -1.66. The summed E-state index contributed by atoms with van der Waals surface area (Å²) in [7, 11) is 0. The molecule has 106 valence electrons. The van der Waals surface area contributed by atoms with E-state index in [1.165, 1.54) is 6.07 Å². The van der Waals surface area contributed by atoms with Gasteiger partial charge < -0.3 is 10.3 Å². The van der Waals surface area contributed by atoms with E-state index in [0.717, 1.165) is 10.0 Å². The first-order valence-electron chi connectivity index (χ1n) is 6.03. The highest BCUT2D eigenvalue weighted by Gasteiger charge is 2.22. The molecule has 0 unspecified atom stereocenters. The molecule has 0 aliphatic carbocycles. The van der Waals surface area contributed by atoms with Crippen LogP contribution in [-0.2, 0) is 0 Å². The first-order chi connectivity index (χ1) is 10.1. The van der Waals surface area contributed by atoms with E-state index < -0.39 is 5.82 Å². The third kappa shape index (κ3) is 2.61. The van der Waals surface area contributed by atoms with E-state index in [-0.39, 0.29) is 5.82 Å². The summed E-state index contributed by atoms with van der Waals surface area (Å²) in [6.07, 6.45) is 0. The number of benzene rings is 2. The van der Waals surface area contributed by atoms with Gasteiger partial charge in [0, 0.05) is 8.95 Å². The molecule has 0 spiro atoms. The number of aromatic nitrogens is 1. The van der Waals surface area contributed by atoms with Gasteiger partial charge in [0.15, 0.2) is 11.6 Å². The highest BCUT2D eigenvalue weighted by atomic mass is 79.9. The molecule has 3 nitrogen and oxygen atoms in total. The van der Waals surface area contributed by atoms with E-state index in [9.17, 15) is 4.39 Å². The molecule has 0 radical (unpaired) electrons. The van der Waals surface area contributed by atoms with E-state index in [2.05, 4.69) is 37.0 Å². The van der Waals surface area contributed by atoms with Gasteiger partial charge in [0.25, 0.3) is 0 Å². The lowest BCUT2D eigenvalue weighted by atomic mass is 10.0. The molecule has 0 bridgehead atoms. The number of nitrogens with two attached hydrogens (primary N) is 1. The summed E-state index contributed by atoms with van der Waals surface area (Å²) in [5, 5.41) is 3.78. The van der Waals surface area contributed by atoms with Crippen LogP contribution in [0.4, 0.5) is 10.2 Å². The fourth-order valence-corrected chi connectivity index (χ4v) is 2.87. The molecule has 0 saturated carbocycles. The third-order valence-electron chi connectivity index (χ3n) is 3.04. The molecule has 2 N–H and O–H groups in total. The van der Waals surface area contributed by atoms with E-state index in [4.69, 9.17) is 10.3 Å². The van der Waals surface area contributed by atoms with Crippen LogP contribution in [0.3, 0.4) is 0 Å². The van der Waals surface area contributed by atoms with Gasteiger partial charge >= 0.3 is 0 Å². The number of hydrogen-bond acceptors (Lipinski definition) is 3. The van der Waals surface area contributed by atoms with Crippen LogP contribution in [0, 0.1) is 5.82 Å². The van der Waals surface area contributed by atoms with Crippen molar-refractivity contribution in [1.29, 1.82) is 0 Å². The molecular formula is C15H9Br2FN2O. The number of anilines is 1. The molecule has 3 rings (SSSR count). The van der Waals surface area contributed by atoms with Crippen LogP contribution in [0.15, 0.2) is 55.9 Å². The van der Waals surface area contributed by atoms with Crippen LogP contribution in [-0.4, -0.2) is 5.16 Å². The molecule has 3 aromatic rings. The monoisotopic (exact) mass is 410 g/mol. The Morgan fingerprint density at radius 1 is 1.00 bits per heavy atom. The molecule has 1 aromatic heterocycles. The lowest BCUT2D eigenvalue weighted by Crippen LogP contribution is -1.90. The maximum atomic E-state index is 14.1. The first-order valence-corrected chi connectivity index (χ1v) is 7.62. The van der Waals surface area contributed by atoms with Crippen molar-refractivity contribution in [2.24, 2.45) is 0 Å². The lowest BCUT2D eigenvalue weighted by molar-refractivity contribution is 0.433. The van der Waals surface area contributed by atoms with Crippen molar-refractivity contribution in [2.75, 3.05) is 5.73 Å². The summed E-state index contributed by atoms with van der Waals surface area (Å²) in [5.41, 5.74) is 7.58. The second-order valence-corrected chi connectivity index (χ2v) is 6.15. The number of halogens is 3. The van der Waals surface area contributed by atoms with Crippen molar-refractivity contribution in [2.45, 2.75) is 0 Å². The minimum Gasteiger partial charge on any atom is -0.380 e. The summed E-state index contributed by atoms with van der Waals surface area (Å²) < 4.78 is 20.9. The quantitative estimate of drug-likeness (QED) is 0.626. The molecule has 0 atom stereocenters. The summed E-state index contributed by atoms with van der Waals surface area (Å²) in [4.78, 5) is 0. The molecule has 21 heavy (non-hydrogen) atoms. The van der Waals surface area contributed by atoms with Crippen LogP contribution < -0.4 is 5.73 Å². The number of nitrogen functional groups attached to an aromatic ring is 1. The van der Waals surface area contributed by atoms with Gasteiger partial charge in [-0.15, -0.1) is 0 Å². The van der Waals surface area contributed by atoms with Crippen LogP contribution in [0.1, 0.15) is 0 Å². The molecule has 0 saturated heterocycles. The van der Waals surface area contributed by atoms with Gasteiger partial charge in [0.1, 0.15) is 5.82 Å². The van der Waals surface area contributed by atoms with Crippen molar-refractivity contribution in [1.82, 2.24) is 5.16 Å². The molecule has 0 aliphatic heterocycles. The number of rotatable bonds is 2. The molecular weight excluding hydrogens is 403 g/mol. The number of hydrogen-bond donors (Lipinski definition) is 1. The van der Waals surface area contributed by atoms with E-state index >= 15 is 0 Å². The molecule has 6 heteroatoms.